The van der Waals surface area contributed by atoms with Gasteiger partial charge in [0.25, 0.3) is 5.91 Å². The number of nitrogens with zero attached hydrogens (tertiary/aromatic N) is 5. The van der Waals surface area contributed by atoms with E-state index in [1.165, 1.54) is 23.2 Å². The van der Waals surface area contributed by atoms with Gasteiger partial charge in [0.2, 0.25) is 5.82 Å². The summed E-state index contributed by atoms with van der Waals surface area (Å²) in [5.74, 6) is -0.491. The Bertz CT molecular complexity index is 1160. The first-order chi connectivity index (χ1) is 16.8. The van der Waals surface area contributed by atoms with E-state index in [-0.39, 0.29) is 104 Å². The number of rotatable bonds is 12. The van der Waals surface area contributed by atoms with E-state index in [1.54, 1.807) is 24.1 Å². The molecule has 0 spiro atoms. The number of hydrogen-bond donors (Lipinski definition) is 2. The second-order valence-corrected chi connectivity index (χ2v) is 8.08. The molecule has 0 aliphatic heterocycles. The molecular formula is C25H30CsF3N7O-. The summed E-state index contributed by atoms with van der Waals surface area (Å²) in [6, 6.07) is 1.31. The molecule has 0 saturated heterocycles. The van der Waals surface area contributed by atoms with E-state index < -0.39 is 17.7 Å². The van der Waals surface area contributed by atoms with Crippen LogP contribution >= 0.6 is 0 Å². The van der Waals surface area contributed by atoms with Crippen molar-refractivity contribution in [2.75, 3.05) is 20.1 Å². The third kappa shape index (κ3) is 10.2. The Morgan fingerprint density at radius 3 is 2.57 bits per heavy atom. The van der Waals surface area contributed by atoms with Crippen molar-refractivity contribution in [1.82, 2.24) is 35.3 Å². The molecule has 37 heavy (non-hydrogen) atoms. The molecule has 0 aliphatic rings. The Morgan fingerprint density at radius 2 is 2.03 bits per heavy atom. The van der Waals surface area contributed by atoms with Crippen LogP contribution in [-0.2, 0) is 7.05 Å². The molecule has 2 aromatic heterocycles. The van der Waals surface area contributed by atoms with E-state index in [2.05, 4.69) is 59.4 Å². The fraction of sp³-hybridized carbons (Fsp3) is 0.280. The van der Waals surface area contributed by atoms with Gasteiger partial charge >= 0.3 is 75.1 Å². The van der Waals surface area contributed by atoms with Gasteiger partial charge in [-0.1, -0.05) is 44.4 Å². The molecule has 0 fully saturated rings. The summed E-state index contributed by atoms with van der Waals surface area (Å²) in [5.41, 5.74) is -0.387. The van der Waals surface area contributed by atoms with Gasteiger partial charge in [-0.25, -0.2) is 9.97 Å². The zero-order chi connectivity index (χ0) is 27.0. The van der Waals surface area contributed by atoms with Gasteiger partial charge in [-0.2, -0.15) is 13.2 Å². The first kappa shape index (κ1) is 33.4. The molecule has 8 nitrogen and oxygen atoms in total. The number of aryl methyl sites for hydroxylation is 1. The maximum absolute atomic E-state index is 13.5. The molecule has 2 heterocycles. The summed E-state index contributed by atoms with van der Waals surface area (Å²) < 4.78 is 42.0. The topological polar surface area (TPSA) is 88.0 Å². The molecule has 0 aliphatic carbocycles. The summed E-state index contributed by atoms with van der Waals surface area (Å²) in [6.07, 6.45) is 1.65. The first-order valence-electron chi connectivity index (χ1n) is 10.9. The maximum atomic E-state index is 13.5. The van der Waals surface area contributed by atoms with Gasteiger partial charge in [-0.3, -0.25) is 16.5 Å². The number of halogens is 3. The van der Waals surface area contributed by atoms with Crippen LogP contribution in [0.1, 0.15) is 39.6 Å². The van der Waals surface area contributed by atoms with Crippen LogP contribution in [0.25, 0.3) is 23.4 Å². The summed E-state index contributed by atoms with van der Waals surface area (Å²) in [4.78, 5) is 21.8. The van der Waals surface area contributed by atoms with Gasteiger partial charge < -0.3 is 22.5 Å². The van der Waals surface area contributed by atoms with Gasteiger partial charge in [0.1, 0.15) is 6.33 Å². The molecule has 1 atom stereocenters. The van der Waals surface area contributed by atoms with Crippen LogP contribution in [0.3, 0.4) is 0 Å². The minimum Gasteiger partial charge on any atom is -0.462 e. The quantitative estimate of drug-likeness (QED) is 0.336. The van der Waals surface area contributed by atoms with Gasteiger partial charge in [0.15, 0.2) is 0 Å². The van der Waals surface area contributed by atoms with Crippen molar-refractivity contribution in [3.8, 4) is 0 Å². The molecule has 194 valence electrons. The van der Waals surface area contributed by atoms with Gasteiger partial charge in [-0.05, 0) is 25.7 Å². The summed E-state index contributed by atoms with van der Waals surface area (Å²) in [7, 11) is 7.23. The SMILES string of the molecule is C=Cc1c(C(=C)NC([CH2-])CCN([CH2-])C)cc(/C=C/CNC(=O)c2ncn(C)n2)nc1C(=C)C(F)(F)F.[Cs+]. The van der Waals surface area contributed by atoms with Gasteiger partial charge in [0.05, 0.1) is 17.0 Å². The molecule has 0 aromatic carbocycles. The number of carbonyl (C=O) groups excluding carboxylic acids is 1. The maximum Gasteiger partial charge on any atom is 1.00 e. The molecular weight excluding hydrogens is 604 g/mol. The standard InChI is InChI=1S/C25H30F3N7O.Cs/c1-8-20-21(18(4)31-16(2)11-13-34(5)6)14-19(32-22(20)17(3)25(26,27)28)10-9-12-29-24(36)23-30-15-35(7)33-23;/h8-10,14-16,31H,1-5,11-13H2,6-7H3,(H,29,36);/q-2;+1/b10-9+;. The summed E-state index contributed by atoms with van der Waals surface area (Å²) in [5, 5.41) is 9.62. The fourth-order valence-electron chi connectivity index (χ4n) is 3.11. The Morgan fingerprint density at radius 1 is 1.35 bits per heavy atom. The average molecular weight is 634 g/mol. The molecule has 0 saturated carbocycles. The average Bonchev–Trinajstić information content (AvgIpc) is 3.24. The third-order valence-electron chi connectivity index (χ3n) is 4.95. The van der Waals surface area contributed by atoms with Crippen molar-refractivity contribution < 1.29 is 86.9 Å². The van der Waals surface area contributed by atoms with E-state index in [1.807, 2.05) is 7.05 Å². The van der Waals surface area contributed by atoms with E-state index in [0.717, 1.165) is 0 Å². The number of alkyl halides is 3. The Hall–Kier alpha value is -1.68. The molecule has 1 amide bonds. The fourth-order valence-corrected chi connectivity index (χ4v) is 3.11. The Balaban J connectivity index is 0.00000684. The smallest absolute Gasteiger partial charge is 0.462 e. The molecule has 12 heteroatoms. The van der Waals surface area contributed by atoms with Gasteiger partial charge in [-0.15, -0.1) is 5.10 Å². The van der Waals surface area contributed by atoms with Crippen LogP contribution in [0.2, 0.25) is 0 Å². The Labute approximate surface area is 274 Å². The number of carbonyl (C=O) groups is 1. The third-order valence-corrected chi connectivity index (χ3v) is 4.95. The summed E-state index contributed by atoms with van der Waals surface area (Å²) in [6.45, 7) is 15.6. The van der Waals surface area contributed by atoms with Crippen molar-refractivity contribution in [3.05, 3.63) is 80.5 Å². The minimum atomic E-state index is -4.70. The summed E-state index contributed by atoms with van der Waals surface area (Å²) >= 11 is 0. The van der Waals surface area contributed by atoms with Crippen molar-refractivity contribution in [2.45, 2.75) is 18.6 Å². The van der Waals surface area contributed by atoms with Crippen LogP contribution in [-0.4, -0.2) is 62.9 Å². The molecule has 1 unspecified atom stereocenters. The molecule has 2 aromatic rings. The molecule has 0 bridgehead atoms. The van der Waals surface area contributed by atoms with Crippen LogP contribution < -0.4 is 79.5 Å². The van der Waals surface area contributed by atoms with E-state index in [4.69, 9.17) is 0 Å². The van der Waals surface area contributed by atoms with Crippen molar-refractivity contribution >= 4 is 29.3 Å². The van der Waals surface area contributed by atoms with E-state index in [9.17, 15) is 18.0 Å². The van der Waals surface area contributed by atoms with E-state index in [0.29, 0.717) is 24.2 Å². The number of allylic oxidation sites excluding steroid dienone is 1. The normalized spacial score (nSPS) is 12.2. The second kappa shape index (κ2) is 15.0. The zero-order valence-electron chi connectivity index (χ0n) is 21.4. The van der Waals surface area contributed by atoms with E-state index >= 15 is 0 Å². The van der Waals surface area contributed by atoms with Crippen molar-refractivity contribution in [3.63, 3.8) is 0 Å². The number of nitrogens with one attached hydrogen (secondary N) is 2. The van der Waals surface area contributed by atoms with Gasteiger partial charge in [0, 0.05) is 30.4 Å². The molecule has 0 radical (unpaired) electrons. The minimum absolute atomic E-state index is 0. The monoisotopic (exact) mass is 634 g/mol. The largest absolute Gasteiger partial charge is 1.00 e. The van der Waals surface area contributed by atoms with Crippen LogP contribution in [0.4, 0.5) is 13.2 Å². The predicted molar refractivity (Wildman–Crippen MR) is 136 cm³/mol. The zero-order valence-corrected chi connectivity index (χ0v) is 27.7. The van der Waals surface area contributed by atoms with Crippen LogP contribution in [0.5, 0.6) is 0 Å². The second-order valence-electron chi connectivity index (χ2n) is 8.08. The molecule has 2 rings (SSSR count). The van der Waals surface area contributed by atoms with Crippen LogP contribution in [0.15, 0.2) is 38.2 Å². The van der Waals surface area contributed by atoms with Crippen molar-refractivity contribution in [2.24, 2.45) is 7.05 Å². The molecule has 2 N–H and O–H groups in total. The first-order valence-corrected chi connectivity index (χ1v) is 10.9. The predicted octanol–water partition coefficient (Wildman–Crippen LogP) is 0.752. The number of aromatic nitrogens is 4. The Kier molecular flexibility index (Phi) is 13.6. The number of hydrogen-bond acceptors (Lipinski definition) is 6. The van der Waals surface area contributed by atoms with Crippen LogP contribution in [0, 0.1) is 14.0 Å². The number of amides is 1. The van der Waals surface area contributed by atoms with Crippen molar-refractivity contribution in [1.29, 1.82) is 0 Å². The number of pyridine rings is 1.